The average Bonchev–Trinajstić information content (AvgIpc) is 2.57. The van der Waals surface area contributed by atoms with Crippen molar-refractivity contribution in [2.24, 2.45) is 4.99 Å². The van der Waals surface area contributed by atoms with E-state index < -0.39 is 12.0 Å². The van der Waals surface area contributed by atoms with Crippen molar-refractivity contribution in [3.63, 3.8) is 0 Å². The smallest absolute Gasteiger partial charge is 0.328 e. The van der Waals surface area contributed by atoms with Crippen LogP contribution in [-0.4, -0.2) is 23.0 Å². The van der Waals surface area contributed by atoms with Gasteiger partial charge in [0.1, 0.15) is 5.84 Å². The van der Waals surface area contributed by atoms with Gasteiger partial charge in [0, 0.05) is 12.8 Å². The molecule has 0 saturated heterocycles. The molecule has 0 aliphatic carbocycles. The molecule has 2 N–H and O–H groups in total. The third kappa shape index (κ3) is 5.25. The van der Waals surface area contributed by atoms with Crippen molar-refractivity contribution >= 4 is 11.8 Å². The monoisotopic (exact) mass is 321 g/mol. The van der Waals surface area contributed by atoms with E-state index in [1.807, 2.05) is 67.7 Å². The maximum Gasteiger partial charge on any atom is 0.328 e. The fraction of sp³-hybridized carbons (Fsp3) is 0.211. The molecule has 0 aliphatic heterocycles. The Labute approximate surface area is 141 Å². The Morgan fingerprint density at radius 3 is 2.42 bits per heavy atom. The molecule has 1 atom stereocenters. The zero-order valence-electron chi connectivity index (χ0n) is 13.4. The first-order valence-electron chi connectivity index (χ1n) is 7.62. The first-order valence-corrected chi connectivity index (χ1v) is 7.62. The van der Waals surface area contributed by atoms with Gasteiger partial charge in [0.15, 0.2) is 12.2 Å². The van der Waals surface area contributed by atoms with Crippen LogP contribution in [0.4, 0.5) is 0 Å². The predicted octanol–water partition coefficient (Wildman–Crippen LogP) is 2.70. The molecule has 0 fully saturated rings. The Hall–Kier alpha value is -3.13. The van der Waals surface area contributed by atoms with E-state index in [9.17, 15) is 9.90 Å². The Balaban J connectivity index is 2.20. The third-order valence-electron chi connectivity index (χ3n) is 3.56. The van der Waals surface area contributed by atoms with E-state index >= 15 is 0 Å². The van der Waals surface area contributed by atoms with Crippen LogP contribution in [0, 0.1) is 18.4 Å². The predicted molar refractivity (Wildman–Crippen MR) is 92.6 cm³/mol. The number of aliphatic imine (C=N–C) groups is 1. The number of nitrogens with one attached hydrogen (secondary N) is 1. The molecule has 0 spiro atoms. The first kappa shape index (κ1) is 17.2. The molecule has 1 unspecified atom stereocenters. The number of amidine groups is 1. The lowest BCUT2D eigenvalue weighted by molar-refractivity contribution is -0.138. The van der Waals surface area contributed by atoms with Crippen LogP contribution in [0.15, 0.2) is 59.6 Å². The van der Waals surface area contributed by atoms with Gasteiger partial charge in [-0.2, -0.15) is 5.26 Å². The summed E-state index contributed by atoms with van der Waals surface area (Å²) in [5, 5.41) is 20.9. The van der Waals surface area contributed by atoms with Gasteiger partial charge in [0.25, 0.3) is 0 Å². The number of nitrogens with zero attached hydrogens (tertiary/aromatic N) is 2. The first-order chi connectivity index (χ1) is 11.6. The van der Waals surface area contributed by atoms with Gasteiger partial charge >= 0.3 is 5.97 Å². The average molecular weight is 321 g/mol. The van der Waals surface area contributed by atoms with Crippen LogP contribution in [0.2, 0.25) is 0 Å². The second-order valence-electron chi connectivity index (χ2n) is 5.52. The second kappa shape index (κ2) is 8.49. The standard InChI is InChI=1S/C19H19N3O2/c1-14-7-9-16(10-8-14)12-18(21-13-20)22-17(19(23)24)11-15-5-3-2-4-6-15/h2-10,17H,11-12H2,1H3,(H,21,22)(H,23,24). The Morgan fingerprint density at radius 2 is 1.83 bits per heavy atom. The van der Waals surface area contributed by atoms with Gasteiger partial charge in [0.2, 0.25) is 0 Å². The van der Waals surface area contributed by atoms with E-state index in [4.69, 9.17) is 5.26 Å². The van der Waals surface area contributed by atoms with Crippen molar-refractivity contribution in [3.8, 4) is 6.19 Å². The number of carboxylic acid groups (broad SMARTS) is 1. The summed E-state index contributed by atoms with van der Waals surface area (Å²) in [6.45, 7) is 1.99. The minimum atomic E-state index is -1.01. The van der Waals surface area contributed by atoms with Gasteiger partial charge < -0.3 is 5.11 Å². The van der Waals surface area contributed by atoms with Crippen LogP contribution in [0.3, 0.4) is 0 Å². The molecule has 0 aromatic heterocycles. The summed E-state index contributed by atoms with van der Waals surface area (Å²) in [6, 6.07) is 16.2. The molecule has 5 heteroatoms. The number of nitriles is 1. The van der Waals surface area contributed by atoms with Gasteiger partial charge in [0.05, 0.1) is 0 Å². The van der Waals surface area contributed by atoms with Crippen molar-refractivity contribution in [2.75, 3.05) is 0 Å². The lowest BCUT2D eigenvalue weighted by Crippen LogP contribution is -2.28. The van der Waals surface area contributed by atoms with Crippen LogP contribution >= 0.6 is 0 Å². The molecule has 0 bridgehead atoms. The maximum atomic E-state index is 11.5. The van der Waals surface area contributed by atoms with E-state index in [0.717, 1.165) is 16.7 Å². The molecular weight excluding hydrogens is 302 g/mol. The fourth-order valence-corrected chi connectivity index (χ4v) is 2.30. The second-order valence-corrected chi connectivity index (χ2v) is 5.52. The molecular formula is C19H19N3O2. The molecule has 0 radical (unpaired) electrons. The lowest BCUT2D eigenvalue weighted by atomic mass is 10.1. The van der Waals surface area contributed by atoms with Crippen molar-refractivity contribution < 1.29 is 9.90 Å². The number of carbonyl (C=O) groups is 1. The summed E-state index contributed by atoms with van der Waals surface area (Å²) in [5.74, 6) is -0.662. The Bertz CT molecular complexity index is 746. The summed E-state index contributed by atoms with van der Waals surface area (Å²) < 4.78 is 0. The molecule has 122 valence electrons. The molecule has 2 aromatic rings. The summed E-state index contributed by atoms with van der Waals surface area (Å²) >= 11 is 0. The summed E-state index contributed by atoms with van der Waals surface area (Å²) in [6.07, 6.45) is 2.49. The summed E-state index contributed by atoms with van der Waals surface area (Å²) in [4.78, 5) is 15.8. The normalized spacial score (nSPS) is 12.2. The lowest BCUT2D eigenvalue weighted by Gasteiger charge is -2.11. The third-order valence-corrected chi connectivity index (χ3v) is 3.56. The largest absolute Gasteiger partial charge is 0.480 e. The van der Waals surface area contributed by atoms with Crippen LogP contribution < -0.4 is 5.32 Å². The van der Waals surface area contributed by atoms with E-state index in [0.29, 0.717) is 12.3 Å². The number of aryl methyl sites for hydroxylation is 1. The van der Waals surface area contributed by atoms with E-state index in [-0.39, 0.29) is 6.42 Å². The highest BCUT2D eigenvalue weighted by Crippen LogP contribution is 2.09. The number of benzene rings is 2. The highest BCUT2D eigenvalue weighted by Gasteiger charge is 2.18. The van der Waals surface area contributed by atoms with E-state index in [1.165, 1.54) is 0 Å². The van der Waals surface area contributed by atoms with Crippen molar-refractivity contribution in [1.82, 2.24) is 5.32 Å². The Kier molecular flexibility index (Phi) is 6.09. The van der Waals surface area contributed by atoms with Gasteiger partial charge in [-0.15, -0.1) is 0 Å². The van der Waals surface area contributed by atoms with Crippen molar-refractivity contribution in [1.29, 1.82) is 5.26 Å². The molecule has 2 aromatic carbocycles. The zero-order chi connectivity index (χ0) is 17.4. The molecule has 0 heterocycles. The minimum Gasteiger partial charge on any atom is -0.480 e. The molecule has 2 rings (SSSR count). The van der Waals surface area contributed by atoms with Gasteiger partial charge in [-0.05, 0) is 18.1 Å². The molecule has 24 heavy (non-hydrogen) atoms. The highest BCUT2D eigenvalue weighted by atomic mass is 16.4. The highest BCUT2D eigenvalue weighted by molar-refractivity contribution is 5.88. The number of aliphatic carboxylic acids is 1. The fourth-order valence-electron chi connectivity index (χ4n) is 2.30. The summed E-state index contributed by atoms with van der Waals surface area (Å²) in [5.41, 5.74) is 2.99. The van der Waals surface area contributed by atoms with Gasteiger partial charge in [-0.1, -0.05) is 60.2 Å². The van der Waals surface area contributed by atoms with Gasteiger partial charge in [-0.3, -0.25) is 10.3 Å². The molecule has 0 saturated carbocycles. The van der Waals surface area contributed by atoms with Gasteiger partial charge in [-0.25, -0.2) is 4.79 Å². The summed E-state index contributed by atoms with van der Waals surface area (Å²) in [7, 11) is 0. The topological polar surface area (TPSA) is 85.5 Å². The zero-order valence-corrected chi connectivity index (χ0v) is 13.4. The van der Waals surface area contributed by atoms with E-state index in [1.54, 1.807) is 0 Å². The minimum absolute atomic E-state index is 0.278. The maximum absolute atomic E-state index is 11.5. The van der Waals surface area contributed by atoms with Crippen LogP contribution in [0.1, 0.15) is 16.7 Å². The number of hydrogen-bond donors (Lipinski definition) is 2. The SMILES string of the molecule is Cc1ccc(CC(=NC(Cc2ccccc2)C(=O)O)NC#N)cc1. The Morgan fingerprint density at radius 1 is 1.17 bits per heavy atom. The number of rotatable bonds is 6. The van der Waals surface area contributed by atoms with Crippen molar-refractivity contribution in [3.05, 3.63) is 71.3 Å². The molecule has 0 amide bonds. The molecule has 5 nitrogen and oxygen atoms in total. The molecule has 0 aliphatic rings. The van der Waals surface area contributed by atoms with E-state index in [2.05, 4.69) is 10.3 Å². The van der Waals surface area contributed by atoms with Crippen LogP contribution in [-0.2, 0) is 17.6 Å². The van der Waals surface area contributed by atoms with Crippen molar-refractivity contribution in [2.45, 2.75) is 25.8 Å². The number of hydrogen-bond acceptors (Lipinski definition) is 3. The quantitative estimate of drug-likeness (QED) is 0.371. The van der Waals surface area contributed by atoms with Crippen LogP contribution in [0.5, 0.6) is 0 Å². The van der Waals surface area contributed by atoms with Crippen LogP contribution in [0.25, 0.3) is 0 Å². The number of carboxylic acids is 1.